The first-order chi connectivity index (χ1) is 17.2. The van der Waals surface area contributed by atoms with Crippen LogP contribution >= 0.6 is 11.6 Å². The van der Waals surface area contributed by atoms with E-state index in [4.69, 9.17) is 16.3 Å². The van der Waals surface area contributed by atoms with Crippen LogP contribution in [-0.4, -0.2) is 11.7 Å². The number of hydrogen-bond acceptors (Lipinski definition) is 4. The SMILES string of the molecule is CC(=O)N1c2ccccc2NC2=C(C(=O)CC(C)(C)C2)[C@@H]1c1ccc(OCc2ccccc2)c(Cl)c1. The number of carbonyl (C=O) groups is 2. The van der Waals surface area contributed by atoms with Crippen molar-refractivity contribution in [3.63, 3.8) is 0 Å². The maximum absolute atomic E-state index is 13.6. The normalized spacial score (nSPS) is 18.6. The lowest BCUT2D eigenvalue weighted by molar-refractivity contribution is -0.118. The lowest BCUT2D eigenvalue weighted by Crippen LogP contribution is -2.38. The molecule has 6 heteroatoms. The summed E-state index contributed by atoms with van der Waals surface area (Å²) in [6.07, 6.45) is 1.12. The smallest absolute Gasteiger partial charge is 0.224 e. The summed E-state index contributed by atoms with van der Waals surface area (Å²) in [5.41, 5.74) is 4.64. The Kier molecular flexibility index (Phi) is 6.35. The molecule has 5 nitrogen and oxygen atoms in total. The second kappa shape index (κ2) is 9.47. The molecule has 1 heterocycles. The molecule has 36 heavy (non-hydrogen) atoms. The molecule has 1 aliphatic heterocycles. The van der Waals surface area contributed by atoms with Gasteiger partial charge in [-0.25, -0.2) is 0 Å². The van der Waals surface area contributed by atoms with Crippen molar-refractivity contribution in [3.05, 3.63) is 100 Å². The zero-order valence-electron chi connectivity index (χ0n) is 20.7. The van der Waals surface area contributed by atoms with Crippen molar-refractivity contribution in [2.75, 3.05) is 10.2 Å². The molecule has 1 N–H and O–H groups in total. The van der Waals surface area contributed by atoms with Gasteiger partial charge in [0.05, 0.1) is 22.4 Å². The van der Waals surface area contributed by atoms with E-state index in [9.17, 15) is 9.59 Å². The van der Waals surface area contributed by atoms with Gasteiger partial charge < -0.3 is 10.1 Å². The minimum atomic E-state index is -0.599. The summed E-state index contributed by atoms with van der Waals surface area (Å²) >= 11 is 6.69. The van der Waals surface area contributed by atoms with Crippen LogP contribution in [0.3, 0.4) is 0 Å². The van der Waals surface area contributed by atoms with Crippen LogP contribution in [0.4, 0.5) is 11.4 Å². The Bertz CT molecular complexity index is 1360. The van der Waals surface area contributed by atoms with Crippen molar-refractivity contribution in [2.45, 2.75) is 46.3 Å². The van der Waals surface area contributed by atoms with Gasteiger partial charge in [0.2, 0.25) is 5.91 Å². The van der Waals surface area contributed by atoms with E-state index in [2.05, 4.69) is 19.2 Å². The van der Waals surface area contributed by atoms with E-state index < -0.39 is 6.04 Å². The average molecular weight is 501 g/mol. The van der Waals surface area contributed by atoms with E-state index in [0.717, 1.165) is 28.2 Å². The van der Waals surface area contributed by atoms with Gasteiger partial charge in [-0.1, -0.05) is 74.0 Å². The maximum Gasteiger partial charge on any atom is 0.224 e. The minimum absolute atomic E-state index is 0.0401. The zero-order valence-corrected chi connectivity index (χ0v) is 21.4. The first-order valence-corrected chi connectivity index (χ1v) is 12.5. The number of amides is 1. The second-order valence-corrected chi connectivity index (χ2v) is 10.6. The number of nitrogens with one attached hydrogen (secondary N) is 1. The van der Waals surface area contributed by atoms with Crippen LogP contribution in [0.5, 0.6) is 5.75 Å². The van der Waals surface area contributed by atoms with Gasteiger partial charge in [0.1, 0.15) is 12.4 Å². The number of allylic oxidation sites excluding steroid dienone is 1. The van der Waals surface area contributed by atoms with Crippen LogP contribution in [0.1, 0.15) is 50.8 Å². The van der Waals surface area contributed by atoms with Crippen molar-refractivity contribution in [1.82, 2.24) is 0 Å². The molecular weight excluding hydrogens is 472 g/mol. The number of ketones is 1. The van der Waals surface area contributed by atoms with Gasteiger partial charge in [-0.05, 0) is 47.2 Å². The Labute approximate surface area is 216 Å². The van der Waals surface area contributed by atoms with Crippen LogP contribution in [0.25, 0.3) is 0 Å². The van der Waals surface area contributed by atoms with Gasteiger partial charge in [-0.3, -0.25) is 14.5 Å². The molecule has 1 amide bonds. The Morgan fingerprint density at radius 3 is 2.50 bits per heavy atom. The van der Waals surface area contributed by atoms with Crippen molar-refractivity contribution in [3.8, 4) is 5.75 Å². The fourth-order valence-electron chi connectivity index (χ4n) is 5.19. The largest absolute Gasteiger partial charge is 0.487 e. The lowest BCUT2D eigenvalue weighted by Gasteiger charge is -2.37. The van der Waals surface area contributed by atoms with E-state index in [0.29, 0.717) is 35.8 Å². The third kappa shape index (κ3) is 4.63. The monoisotopic (exact) mass is 500 g/mol. The topological polar surface area (TPSA) is 58.6 Å². The summed E-state index contributed by atoms with van der Waals surface area (Å²) in [5.74, 6) is 0.440. The highest BCUT2D eigenvalue weighted by Gasteiger charge is 2.42. The summed E-state index contributed by atoms with van der Waals surface area (Å²) < 4.78 is 5.97. The summed E-state index contributed by atoms with van der Waals surface area (Å²) in [6.45, 7) is 6.12. The number of nitrogens with zero attached hydrogens (tertiary/aromatic N) is 1. The number of rotatable bonds is 4. The number of para-hydroxylation sites is 2. The first kappa shape index (κ1) is 24.1. The van der Waals surface area contributed by atoms with Crippen molar-refractivity contribution in [1.29, 1.82) is 0 Å². The van der Waals surface area contributed by atoms with E-state index >= 15 is 0 Å². The molecule has 1 atom stereocenters. The summed E-state index contributed by atoms with van der Waals surface area (Å²) in [6, 6.07) is 22.5. The highest BCUT2D eigenvalue weighted by molar-refractivity contribution is 6.32. The van der Waals surface area contributed by atoms with E-state index in [1.54, 1.807) is 4.90 Å². The molecule has 0 bridgehead atoms. The number of hydrogen-bond donors (Lipinski definition) is 1. The molecule has 0 fully saturated rings. The van der Waals surface area contributed by atoms with Crippen LogP contribution in [0.2, 0.25) is 5.02 Å². The molecule has 5 rings (SSSR count). The standard InChI is InChI=1S/C30H29ClN2O3/c1-19(34)33-25-12-8-7-11-23(25)32-24-16-30(2,3)17-26(35)28(24)29(33)21-13-14-27(22(31)15-21)36-18-20-9-5-4-6-10-20/h4-15,29,32H,16-18H2,1-3H3/t29-/m0/s1. The fraction of sp³-hybridized carbons (Fsp3) is 0.267. The average Bonchev–Trinajstić information content (AvgIpc) is 2.97. The molecule has 0 aromatic heterocycles. The summed E-state index contributed by atoms with van der Waals surface area (Å²) in [4.78, 5) is 28.4. The van der Waals surface area contributed by atoms with Gasteiger partial charge in [-0.2, -0.15) is 0 Å². The van der Waals surface area contributed by atoms with Gasteiger partial charge in [-0.15, -0.1) is 0 Å². The number of halogens is 1. The van der Waals surface area contributed by atoms with E-state index in [1.807, 2.05) is 72.8 Å². The number of ether oxygens (including phenoxy) is 1. The van der Waals surface area contributed by atoms with Crippen LogP contribution in [0.15, 0.2) is 84.1 Å². The Morgan fingerprint density at radius 2 is 1.78 bits per heavy atom. The van der Waals surface area contributed by atoms with Crippen LogP contribution in [0, 0.1) is 5.41 Å². The maximum atomic E-state index is 13.6. The van der Waals surface area contributed by atoms with E-state index in [1.165, 1.54) is 6.92 Å². The van der Waals surface area contributed by atoms with Crippen molar-refractivity contribution < 1.29 is 14.3 Å². The number of carbonyl (C=O) groups excluding carboxylic acids is 2. The fourth-order valence-corrected chi connectivity index (χ4v) is 5.43. The van der Waals surface area contributed by atoms with Gasteiger partial charge in [0.25, 0.3) is 0 Å². The highest BCUT2D eigenvalue weighted by Crippen LogP contribution is 2.48. The van der Waals surface area contributed by atoms with Gasteiger partial charge >= 0.3 is 0 Å². The Morgan fingerprint density at radius 1 is 1.06 bits per heavy atom. The molecule has 1 aliphatic carbocycles. The summed E-state index contributed by atoms with van der Waals surface area (Å²) in [7, 11) is 0. The Hall–Kier alpha value is -3.57. The minimum Gasteiger partial charge on any atom is -0.487 e. The van der Waals surface area contributed by atoms with E-state index in [-0.39, 0.29) is 17.1 Å². The van der Waals surface area contributed by atoms with Crippen LogP contribution < -0.4 is 15.0 Å². The molecular formula is C30H29ClN2O3. The zero-order chi connectivity index (χ0) is 25.4. The molecule has 0 radical (unpaired) electrons. The molecule has 0 saturated heterocycles. The summed E-state index contributed by atoms with van der Waals surface area (Å²) in [5, 5.41) is 3.94. The molecule has 0 unspecified atom stereocenters. The molecule has 0 spiro atoms. The highest BCUT2D eigenvalue weighted by atomic mass is 35.5. The predicted molar refractivity (Wildman–Crippen MR) is 143 cm³/mol. The Balaban J connectivity index is 1.60. The number of Topliss-reactive ketones (excluding diaryl/α,β-unsaturated/α-hetero) is 1. The quantitative estimate of drug-likeness (QED) is 0.415. The third-order valence-corrected chi connectivity index (χ3v) is 7.04. The number of benzene rings is 3. The molecule has 2 aliphatic rings. The molecule has 0 saturated carbocycles. The van der Waals surface area contributed by atoms with Gasteiger partial charge in [0, 0.05) is 24.6 Å². The molecule has 3 aromatic rings. The van der Waals surface area contributed by atoms with Gasteiger partial charge in [0.15, 0.2) is 5.78 Å². The second-order valence-electron chi connectivity index (χ2n) is 10.2. The number of anilines is 2. The van der Waals surface area contributed by atoms with Crippen LogP contribution in [-0.2, 0) is 16.2 Å². The lowest BCUT2D eigenvalue weighted by atomic mass is 9.73. The third-order valence-electron chi connectivity index (χ3n) is 6.75. The molecule has 3 aromatic carbocycles. The predicted octanol–water partition coefficient (Wildman–Crippen LogP) is 7.08. The first-order valence-electron chi connectivity index (χ1n) is 12.1. The molecule has 184 valence electrons. The van der Waals surface area contributed by atoms with Crippen molar-refractivity contribution >= 4 is 34.7 Å². The van der Waals surface area contributed by atoms with Crippen molar-refractivity contribution in [2.24, 2.45) is 5.41 Å². The number of fused-ring (bicyclic) bond motifs is 1.